The number of benzene rings is 2. The second kappa shape index (κ2) is 7.87. The van der Waals surface area contributed by atoms with Gasteiger partial charge in [0.05, 0.1) is 11.3 Å². The number of aromatic nitrogens is 2. The van der Waals surface area contributed by atoms with Gasteiger partial charge in [0.2, 0.25) is 11.8 Å². The third-order valence-electron chi connectivity index (χ3n) is 4.86. The predicted molar refractivity (Wildman–Crippen MR) is 106 cm³/mol. The molecule has 4 rings (SSSR count). The smallest absolute Gasteiger partial charge is 0.341 e. The van der Waals surface area contributed by atoms with E-state index in [0.29, 0.717) is 30.1 Å². The first-order valence-electron chi connectivity index (χ1n) is 9.54. The molecule has 148 valence electrons. The normalized spacial score (nSPS) is 14.8. The minimum Gasteiger partial charge on any atom is -0.449 e. The summed E-state index contributed by atoms with van der Waals surface area (Å²) < 4.78 is 11.2. The van der Waals surface area contributed by atoms with Gasteiger partial charge in [-0.25, -0.2) is 4.79 Å². The minimum atomic E-state index is -0.725. The molecule has 1 atom stereocenters. The van der Waals surface area contributed by atoms with Crippen LogP contribution < -0.4 is 4.90 Å². The zero-order chi connectivity index (χ0) is 20.4. The summed E-state index contributed by atoms with van der Waals surface area (Å²) in [6, 6.07) is 14.7. The largest absolute Gasteiger partial charge is 0.449 e. The highest BCUT2D eigenvalue weighted by Crippen LogP contribution is 2.28. The first kappa shape index (κ1) is 18.9. The Morgan fingerprint density at radius 1 is 1.14 bits per heavy atom. The average molecular weight is 391 g/mol. The molecule has 1 aromatic heterocycles. The van der Waals surface area contributed by atoms with Gasteiger partial charge in [0.25, 0.3) is 5.89 Å². The fourth-order valence-corrected chi connectivity index (χ4v) is 3.27. The summed E-state index contributed by atoms with van der Waals surface area (Å²) in [5, 5.41) is 8.06. The molecule has 2 aromatic carbocycles. The van der Waals surface area contributed by atoms with Gasteiger partial charge < -0.3 is 14.1 Å². The van der Waals surface area contributed by atoms with E-state index in [1.807, 2.05) is 31.2 Å². The molecule has 0 saturated carbocycles. The summed E-state index contributed by atoms with van der Waals surface area (Å²) in [5.41, 5.74) is 2.84. The molecule has 2 heterocycles. The number of hydrogen-bond acceptors (Lipinski definition) is 6. The molecule has 0 unspecified atom stereocenters. The van der Waals surface area contributed by atoms with E-state index in [0.717, 1.165) is 17.5 Å². The lowest BCUT2D eigenvalue weighted by molar-refractivity contribution is -0.117. The molecule has 29 heavy (non-hydrogen) atoms. The van der Waals surface area contributed by atoms with Crippen LogP contribution in [0, 0.1) is 6.92 Å². The van der Waals surface area contributed by atoms with Crippen molar-refractivity contribution in [3.63, 3.8) is 0 Å². The van der Waals surface area contributed by atoms with Gasteiger partial charge in [-0.15, -0.1) is 10.2 Å². The first-order chi connectivity index (χ1) is 14.0. The highest BCUT2D eigenvalue weighted by molar-refractivity contribution is 6.03. The molecule has 3 aromatic rings. The quantitative estimate of drug-likeness (QED) is 0.609. The van der Waals surface area contributed by atoms with E-state index in [1.54, 1.807) is 36.1 Å². The lowest BCUT2D eigenvalue weighted by Crippen LogP contribution is -2.26. The van der Waals surface area contributed by atoms with Crippen LogP contribution in [-0.4, -0.2) is 28.6 Å². The Bertz CT molecular complexity index is 1040. The van der Waals surface area contributed by atoms with Gasteiger partial charge in [0.1, 0.15) is 0 Å². The van der Waals surface area contributed by atoms with Crippen molar-refractivity contribution < 1.29 is 18.7 Å². The molecule has 0 bridgehead atoms. The topological polar surface area (TPSA) is 85.5 Å². The first-order valence-corrected chi connectivity index (χ1v) is 9.54. The Hall–Kier alpha value is -3.48. The molecule has 0 N–H and O–H groups in total. The Balaban J connectivity index is 1.51. The molecule has 1 aliphatic heterocycles. The summed E-state index contributed by atoms with van der Waals surface area (Å²) in [6.45, 7) is 4.27. The van der Waals surface area contributed by atoms with Gasteiger partial charge in [0.15, 0.2) is 6.10 Å². The fourth-order valence-electron chi connectivity index (χ4n) is 3.27. The zero-order valence-corrected chi connectivity index (χ0v) is 16.3. The molecule has 7 nitrogen and oxygen atoms in total. The third-order valence-corrected chi connectivity index (χ3v) is 4.86. The fraction of sp³-hybridized carbons (Fsp3) is 0.273. The van der Waals surface area contributed by atoms with Crippen LogP contribution in [0.1, 0.15) is 47.7 Å². The molecular weight excluding hydrogens is 370 g/mol. The predicted octanol–water partition coefficient (Wildman–Crippen LogP) is 4.09. The summed E-state index contributed by atoms with van der Waals surface area (Å²) >= 11 is 0. The van der Waals surface area contributed by atoms with Crippen molar-refractivity contribution in [2.75, 3.05) is 11.4 Å². The average Bonchev–Trinajstić information content (AvgIpc) is 3.38. The SMILES string of the molecule is Cc1ccc(-c2nnc([C@@H](C)OC(=O)c3ccccc3N3CCCC3=O)o2)cc1. The molecule has 0 aliphatic carbocycles. The van der Waals surface area contributed by atoms with Crippen LogP contribution in [0.4, 0.5) is 5.69 Å². The van der Waals surface area contributed by atoms with Gasteiger partial charge in [-0.1, -0.05) is 29.8 Å². The van der Waals surface area contributed by atoms with Crippen molar-refractivity contribution in [2.45, 2.75) is 32.8 Å². The zero-order valence-electron chi connectivity index (χ0n) is 16.3. The van der Waals surface area contributed by atoms with Crippen molar-refractivity contribution in [3.8, 4) is 11.5 Å². The number of hydrogen-bond donors (Lipinski definition) is 0. The van der Waals surface area contributed by atoms with E-state index in [1.165, 1.54) is 0 Å². The molecule has 1 fully saturated rings. The van der Waals surface area contributed by atoms with Gasteiger partial charge in [-0.05, 0) is 44.5 Å². The monoisotopic (exact) mass is 391 g/mol. The van der Waals surface area contributed by atoms with Crippen LogP contribution in [0.15, 0.2) is 52.9 Å². The van der Waals surface area contributed by atoms with Crippen LogP contribution >= 0.6 is 0 Å². The van der Waals surface area contributed by atoms with Crippen LogP contribution in [0.25, 0.3) is 11.5 Å². The molecule has 1 amide bonds. The lowest BCUT2D eigenvalue weighted by Gasteiger charge is -2.19. The van der Waals surface area contributed by atoms with Crippen molar-refractivity contribution >= 4 is 17.6 Å². The number of amides is 1. The second-order valence-corrected chi connectivity index (χ2v) is 7.03. The number of nitrogens with zero attached hydrogens (tertiary/aromatic N) is 3. The molecular formula is C22H21N3O4. The Kier molecular flexibility index (Phi) is 5.12. The highest BCUT2D eigenvalue weighted by atomic mass is 16.6. The van der Waals surface area contributed by atoms with Gasteiger partial charge in [0, 0.05) is 18.5 Å². The maximum atomic E-state index is 12.8. The van der Waals surface area contributed by atoms with E-state index in [-0.39, 0.29) is 11.8 Å². The van der Waals surface area contributed by atoms with Crippen molar-refractivity contribution in [1.82, 2.24) is 10.2 Å². The number of aryl methyl sites for hydroxylation is 1. The van der Waals surface area contributed by atoms with Gasteiger partial charge in [-0.2, -0.15) is 0 Å². The van der Waals surface area contributed by atoms with Crippen LogP contribution in [-0.2, 0) is 9.53 Å². The van der Waals surface area contributed by atoms with Gasteiger partial charge in [-0.3, -0.25) is 4.79 Å². The number of carbonyl (C=O) groups excluding carboxylic acids is 2. The standard InChI is InChI=1S/C22H21N3O4/c1-14-9-11-16(12-10-14)21-24-23-20(29-21)15(2)28-22(27)17-6-3-4-7-18(17)25-13-5-8-19(25)26/h3-4,6-7,9-12,15H,5,8,13H2,1-2H3/t15-/m1/s1. The number of anilines is 1. The number of ether oxygens (including phenoxy) is 1. The van der Waals surface area contributed by atoms with Crippen molar-refractivity contribution in [2.24, 2.45) is 0 Å². The summed E-state index contributed by atoms with van der Waals surface area (Å²) in [4.78, 5) is 26.5. The lowest BCUT2D eigenvalue weighted by atomic mass is 10.1. The minimum absolute atomic E-state index is 0.0120. The Labute approximate surface area is 168 Å². The number of carbonyl (C=O) groups is 2. The number of rotatable bonds is 5. The Morgan fingerprint density at radius 2 is 1.90 bits per heavy atom. The third kappa shape index (κ3) is 3.89. The molecule has 7 heteroatoms. The summed E-state index contributed by atoms with van der Waals surface area (Å²) in [5.74, 6) is 0.0513. The maximum Gasteiger partial charge on any atom is 0.341 e. The molecule has 0 radical (unpaired) electrons. The van der Waals surface area contributed by atoms with E-state index in [9.17, 15) is 9.59 Å². The van der Waals surface area contributed by atoms with E-state index < -0.39 is 12.1 Å². The van der Waals surface area contributed by atoms with Crippen LogP contribution in [0.5, 0.6) is 0 Å². The summed E-state index contributed by atoms with van der Waals surface area (Å²) in [7, 11) is 0. The number of para-hydroxylation sites is 1. The van der Waals surface area contributed by atoms with Crippen molar-refractivity contribution in [3.05, 3.63) is 65.5 Å². The Morgan fingerprint density at radius 3 is 2.62 bits per heavy atom. The van der Waals surface area contributed by atoms with Crippen LogP contribution in [0.3, 0.4) is 0 Å². The molecule has 1 aliphatic rings. The maximum absolute atomic E-state index is 12.8. The highest BCUT2D eigenvalue weighted by Gasteiger charge is 2.27. The van der Waals surface area contributed by atoms with Gasteiger partial charge >= 0.3 is 5.97 Å². The van der Waals surface area contributed by atoms with E-state index in [2.05, 4.69) is 10.2 Å². The van der Waals surface area contributed by atoms with E-state index >= 15 is 0 Å². The summed E-state index contributed by atoms with van der Waals surface area (Å²) in [6.07, 6.45) is 0.544. The molecule has 0 spiro atoms. The van der Waals surface area contributed by atoms with Crippen LogP contribution in [0.2, 0.25) is 0 Å². The molecule has 1 saturated heterocycles. The second-order valence-electron chi connectivity index (χ2n) is 7.03. The van der Waals surface area contributed by atoms with Crippen molar-refractivity contribution in [1.29, 1.82) is 0 Å². The number of esters is 1. The van der Waals surface area contributed by atoms with E-state index in [4.69, 9.17) is 9.15 Å².